The third kappa shape index (κ3) is 1.88. The number of hydrogen-bond donors (Lipinski definition) is 1. The number of aryl methyl sites for hydroxylation is 1. The maximum atomic E-state index is 5.57. The van der Waals surface area contributed by atoms with Crippen molar-refractivity contribution in [1.29, 1.82) is 0 Å². The van der Waals surface area contributed by atoms with Crippen LogP contribution in [0.5, 0.6) is 5.75 Å². The molecular weight excluding hydrogens is 234 g/mol. The molecule has 4 rings (SSSR count). The minimum Gasteiger partial charge on any atom is -0.493 e. The Morgan fingerprint density at radius 3 is 2.68 bits per heavy atom. The summed E-state index contributed by atoms with van der Waals surface area (Å²) in [5.41, 5.74) is 6.71. The lowest BCUT2D eigenvalue weighted by molar-refractivity contribution is 0.357. The molecule has 0 saturated carbocycles. The van der Waals surface area contributed by atoms with E-state index < -0.39 is 0 Å². The highest BCUT2D eigenvalue weighted by atomic mass is 16.5. The van der Waals surface area contributed by atoms with Crippen LogP contribution < -0.4 is 10.1 Å². The van der Waals surface area contributed by atoms with Crippen LogP contribution in [0.15, 0.2) is 36.4 Å². The Labute approximate surface area is 113 Å². The molecule has 0 unspecified atom stereocenters. The van der Waals surface area contributed by atoms with Crippen LogP contribution in [0, 0.1) is 0 Å². The van der Waals surface area contributed by atoms with E-state index in [0.29, 0.717) is 0 Å². The zero-order valence-corrected chi connectivity index (χ0v) is 10.9. The van der Waals surface area contributed by atoms with Crippen LogP contribution in [0.25, 0.3) is 11.1 Å². The van der Waals surface area contributed by atoms with E-state index in [-0.39, 0.29) is 0 Å². The number of ether oxygens (including phenoxy) is 1. The SMILES string of the molecule is c1cc2c(cc1-c1ccc3c(c1)CCO3)CCCN2. The molecule has 0 atom stereocenters. The average molecular weight is 251 g/mol. The summed E-state index contributed by atoms with van der Waals surface area (Å²) in [7, 11) is 0. The molecular formula is C17H17NO. The van der Waals surface area contributed by atoms with Crippen LogP contribution in [-0.2, 0) is 12.8 Å². The quantitative estimate of drug-likeness (QED) is 0.835. The Bertz CT molecular complexity index is 633. The molecule has 19 heavy (non-hydrogen) atoms. The third-order valence-electron chi connectivity index (χ3n) is 4.07. The van der Waals surface area contributed by atoms with Crippen molar-refractivity contribution in [2.75, 3.05) is 18.5 Å². The lowest BCUT2D eigenvalue weighted by Crippen LogP contribution is -2.11. The molecule has 2 aromatic rings. The van der Waals surface area contributed by atoms with Gasteiger partial charge in [0.2, 0.25) is 0 Å². The minimum atomic E-state index is 0.826. The highest BCUT2D eigenvalue weighted by molar-refractivity contribution is 5.70. The first-order valence-corrected chi connectivity index (χ1v) is 7.03. The van der Waals surface area contributed by atoms with Gasteiger partial charge < -0.3 is 10.1 Å². The summed E-state index contributed by atoms with van der Waals surface area (Å²) in [6.07, 6.45) is 3.45. The molecule has 0 aromatic heterocycles. The summed E-state index contributed by atoms with van der Waals surface area (Å²) in [6, 6.07) is 13.3. The summed E-state index contributed by atoms with van der Waals surface area (Å²) >= 11 is 0. The van der Waals surface area contributed by atoms with Gasteiger partial charge in [-0.3, -0.25) is 0 Å². The molecule has 2 heterocycles. The van der Waals surface area contributed by atoms with Crippen molar-refractivity contribution in [2.24, 2.45) is 0 Å². The third-order valence-corrected chi connectivity index (χ3v) is 4.07. The molecule has 0 saturated heterocycles. The van der Waals surface area contributed by atoms with Crippen molar-refractivity contribution in [3.63, 3.8) is 0 Å². The van der Waals surface area contributed by atoms with E-state index in [1.165, 1.54) is 40.8 Å². The van der Waals surface area contributed by atoms with Gasteiger partial charge in [0.25, 0.3) is 0 Å². The molecule has 0 amide bonds. The van der Waals surface area contributed by atoms with Gasteiger partial charge in [-0.25, -0.2) is 0 Å². The Morgan fingerprint density at radius 2 is 1.74 bits per heavy atom. The van der Waals surface area contributed by atoms with Crippen LogP contribution in [-0.4, -0.2) is 13.2 Å². The number of nitrogens with one attached hydrogen (secondary N) is 1. The second kappa shape index (κ2) is 4.30. The van der Waals surface area contributed by atoms with E-state index >= 15 is 0 Å². The molecule has 0 fully saturated rings. The standard InChI is InChI=1S/C17H17NO/c1-2-14-10-12(3-5-16(14)18-8-1)13-4-6-17-15(11-13)7-9-19-17/h3-6,10-11,18H,1-2,7-9H2. The Kier molecular flexibility index (Phi) is 2.47. The maximum Gasteiger partial charge on any atom is 0.122 e. The van der Waals surface area contributed by atoms with Gasteiger partial charge in [0.1, 0.15) is 5.75 Å². The first-order chi connectivity index (χ1) is 9.40. The number of hydrogen-bond acceptors (Lipinski definition) is 2. The van der Waals surface area contributed by atoms with Gasteiger partial charge >= 0.3 is 0 Å². The van der Waals surface area contributed by atoms with Crippen LogP contribution >= 0.6 is 0 Å². The topological polar surface area (TPSA) is 21.3 Å². The molecule has 0 radical (unpaired) electrons. The Hall–Kier alpha value is -1.96. The van der Waals surface area contributed by atoms with E-state index in [4.69, 9.17) is 4.74 Å². The molecule has 2 aliphatic rings. The molecule has 0 aliphatic carbocycles. The largest absolute Gasteiger partial charge is 0.493 e. The highest BCUT2D eigenvalue weighted by Gasteiger charge is 2.14. The fraction of sp³-hybridized carbons (Fsp3) is 0.294. The van der Waals surface area contributed by atoms with E-state index in [0.717, 1.165) is 25.3 Å². The van der Waals surface area contributed by atoms with Gasteiger partial charge in [0.15, 0.2) is 0 Å². The van der Waals surface area contributed by atoms with Gasteiger partial charge in [-0.05, 0) is 59.4 Å². The zero-order valence-electron chi connectivity index (χ0n) is 10.9. The fourth-order valence-electron chi connectivity index (χ4n) is 3.02. The van der Waals surface area contributed by atoms with Crippen molar-refractivity contribution in [3.05, 3.63) is 47.5 Å². The van der Waals surface area contributed by atoms with Crippen molar-refractivity contribution < 1.29 is 4.74 Å². The van der Waals surface area contributed by atoms with Gasteiger partial charge in [-0.2, -0.15) is 0 Å². The monoisotopic (exact) mass is 251 g/mol. The molecule has 1 N–H and O–H groups in total. The molecule has 0 spiro atoms. The van der Waals surface area contributed by atoms with E-state index in [1.54, 1.807) is 0 Å². The average Bonchev–Trinajstić information content (AvgIpc) is 2.94. The molecule has 0 bridgehead atoms. The Balaban J connectivity index is 1.76. The Morgan fingerprint density at radius 1 is 0.895 bits per heavy atom. The van der Waals surface area contributed by atoms with Crippen LogP contribution in [0.3, 0.4) is 0 Å². The number of anilines is 1. The molecule has 2 aromatic carbocycles. The summed E-state index contributed by atoms with van der Waals surface area (Å²) in [4.78, 5) is 0. The van der Waals surface area contributed by atoms with Gasteiger partial charge in [-0.15, -0.1) is 0 Å². The predicted octanol–water partition coefficient (Wildman–Crippen LogP) is 3.65. The zero-order chi connectivity index (χ0) is 12.7. The van der Waals surface area contributed by atoms with Crippen molar-refractivity contribution in [1.82, 2.24) is 0 Å². The van der Waals surface area contributed by atoms with Crippen molar-refractivity contribution >= 4 is 5.69 Å². The van der Waals surface area contributed by atoms with Crippen LogP contribution in [0.2, 0.25) is 0 Å². The normalized spacial score (nSPS) is 16.2. The van der Waals surface area contributed by atoms with Gasteiger partial charge in [0, 0.05) is 18.7 Å². The fourth-order valence-corrected chi connectivity index (χ4v) is 3.02. The summed E-state index contributed by atoms with van der Waals surface area (Å²) in [5.74, 6) is 1.06. The first-order valence-electron chi connectivity index (χ1n) is 7.03. The summed E-state index contributed by atoms with van der Waals surface area (Å²) < 4.78 is 5.57. The van der Waals surface area contributed by atoms with Crippen molar-refractivity contribution in [2.45, 2.75) is 19.3 Å². The van der Waals surface area contributed by atoms with Crippen LogP contribution in [0.4, 0.5) is 5.69 Å². The van der Waals surface area contributed by atoms with Gasteiger partial charge in [-0.1, -0.05) is 12.1 Å². The smallest absolute Gasteiger partial charge is 0.122 e. The summed E-state index contributed by atoms with van der Waals surface area (Å²) in [6.45, 7) is 1.93. The van der Waals surface area contributed by atoms with E-state index in [9.17, 15) is 0 Å². The highest BCUT2D eigenvalue weighted by Crippen LogP contribution is 2.33. The minimum absolute atomic E-state index is 0.826. The molecule has 2 aliphatic heterocycles. The second-order valence-electron chi connectivity index (χ2n) is 5.32. The maximum absolute atomic E-state index is 5.57. The lowest BCUT2D eigenvalue weighted by atomic mass is 9.96. The van der Waals surface area contributed by atoms with E-state index in [1.807, 2.05) is 0 Å². The van der Waals surface area contributed by atoms with E-state index in [2.05, 4.69) is 41.7 Å². The second-order valence-corrected chi connectivity index (χ2v) is 5.32. The first kappa shape index (κ1) is 10.9. The van der Waals surface area contributed by atoms with Crippen LogP contribution in [0.1, 0.15) is 17.5 Å². The lowest BCUT2D eigenvalue weighted by Gasteiger charge is -2.18. The number of benzene rings is 2. The predicted molar refractivity (Wildman–Crippen MR) is 77.9 cm³/mol. The molecule has 2 nitrogen and oxygen atoms in total. The number of fused-ring (bicyclic) bond motifs is 2. The van der Waals surface area contributed by atoms with Gasteiger partial charge in [0.05, 0.1) is 6.61 Å². The molecule has 2 heteroatoms. The van der Waals surface area contributed by atoms with Crippen molar-refractivity contribution in [3.8, 4) is 16.9 Å². The summed E-state index contributed by atoms with van der Waals surface area (Å²) in [5, 5.41) is 3.46. The number of rotatable bonds is 1. The molecule has 96 valence electrons.